The molecular formula is C124H245BrN4O10. The van der Waals surface area contributed by atoms with Crippen molar-refractivity contribution in [1.82, 2.24) is 20.0 Å². The van der Waals surface area contributed by atoms with Crippen LogP contribution in [0.5, 0.6) is 0 Å². The largest absolute Gasteiger partial charge is 0.465 e. The van der Waals surface area contributed by atoms with E-state index in [1.807, 2.05) is 0 Å². The van der Waals surface area contributed by atoms with Crippen LogP contribution in [-0.4, -0.2) is 140 Å². The molecule has 0 radical (unpaired) electrons. The van der Waals surface area contributed by atoms with E-state index in [4.69, 9.17) is 18.9 Å². The van der Waals surface area contributed by atoms with E-state index in [0.717, 1.165) is 192 Å². The predicted octanol–water partition coefficient (Wildman–Crippen LogP) is 38.1. The second-order valence-corrected chi connectivity index (χ2v) is 43.6. The van der Waals surface area contributed by atoms with Crippen LogP contribution in [0.15, 0.2) is 0 Å². The first-order valence-electron chi connectivity index (χ1n) is 62.3. The summed E-state index contributed by atoms with van der Waals surface area (Å²) in [7, 11) is 0. The van der Waals surface area contributed by atoms with Crippen LogP contribution >= 0.6 is 15.9 Å². The maximum atomic E-state index is 14.2. The molecule has 0 saturated carbocycles. The normalized spacial score (nSPS) is 12.7. The quantitative estimate of drug-likeness (QED) is 0.0266. The van der Waals surface area contributed by atoms with E-state index in [-0.39, 0.29) is 23.9 Å². The predicted molar refractivity (Wildman–Crippen MR) is 608 cm³/mol. The van der Waals surface area contributed by atoms with Crippen molar-refractivity contribution in [3.8, 4) is 0 Å². The number of amides is 2. The maximum Gasteiger partial charge on any atom is 0.305 e. The number of rotatable bonds is 109. The van der Waals surface area contributed by atoms with Gasteiger partial charge in [-0.1, -0.05) is 485 Å². The van der Waals surface area contributed by atoms with Crippen molar-refractivity contribution < 1.29 is 47.7 Å². The summed E-state index contributed by atoms with van der Waals surface area (Å²) in [6.45, 7) is 41.0. The Morgan fingerprint density at radius 2 is 0.396 bits per heavy atom. The van der Waals surface area contributed by atoms with Crippen LogP contribution < -0.4 is 5.32 Å². The maximum absolute atomic E-state index is 14.2. The number of halogens is 1. The van der Waals surface area contributed by atoms with Gasteiger partial charge in [0.1, 0.15) is 0 Å². The van der Waals surface area contributed by atoms with Gasteiger partial charge in [0, 0.05) is 69.0 Å². The van der Waals surface area contributed by atoms with Crippen LogP contribution in [0.3, 0.4) is 0 Å². The first kappa shape index (κ1) is 140. The Balaban J connectivity index is -0.00000254. The molecule has 14 nitrogen and oxygen atoms in total. The van der Waals surface area contributed by atoms with E-state index in [1.165, 1.54) is 372 Å². The number of hydrogen-bond donors (Lipinski definition) is 1. The number of esters is 4. The third-order valence-electron chi connectivity index (χ3n) is 29.6. The second-order valence-electron chi connectivity index (χ2n) is 42.8. The van der Waals surface area contributed by atoms with Crippen molar-refractivity contribution in [2.45, 2.75) is 661 Å². The molecule has 139 heavy (non-hydrogen) atoms. The SMILES string of the molecule is CCCCCCCCCCN(C(=O)CCCCBr)C(CCCCCCCCC(=O)OCC(CCCC)CCCCCC)CCCCCCCCC(=O)OCC(CCCC)CCCCCC.CCCCCCCCCCN(C(=O)CCCCN(CC)CC)C(CCCCCCCCC(=O)OCC(CCCC)CCCCCC)CCCCCCCCC(=O)OCC(CCCC)CCCCCC.CCNCC. The first-order chi connectivity index (χ1) is 68.1. The molecule has 0 rings (SSSR count). The van der Waals surface area contributed by atoms with Gasteiger partial charge in [0.2, 0.25) is 11.8 Å². The lowest BCUT2D eigenvalue weighted by atomic mass is 9.96. The van der Waals surface area contributed by atoms with Crippen LogP contribution in [0, 0.1) is 23.7 Å². The fraction of sp³-hybridized carbons (Fsp3) is 0.952. The summed E-state index contributed by atoms with van der Waals surface area (Å²) in [5, 5.41) is 4.07. The summed E-state index contributed by atoms with van der Waals surface area (Å²) in [5.41, 5.74) is 0. The molecule has 0 aliphatic heterocycles. The number of hydrogen-bond acceptors (Lipinski definition) is 12. The lowest BCUT2D eigenvalue weighted by Gasteiger charge is -2.33. The van der Waals surface area contributed by atoms with Gasteiger partial charge in [-0.25, -0.2) is 0 Å². The Morgan fingerprint density at radius 3 is 0.619 bits per heavy atom. The Morgan fingerprint density at radius 1 is 0.209 bits per heavy atom. The molecule has 0 aromatic rings. The molecule has 2 amide bonds. The molecule has 4 unspecified atom stereocenters. The number of nitrogens with zero attached hydrogens (tertiary/aromatic N) is 3. The number of unbranched alkanes of at least 4 members (excludes halogenated alkanes) is 52. The molecule has 0 aromatic heterocycles. The van der Waals surface area contributed by atoms with E-state index >= 15 is 0 Å². The Hall–Kier alpha value is -2.78. The fourth-order valence-electron chi connectivity index (χ4n) is 20.0. The van der Waals surface area contributed by atoms with E-state index < -0.39 is 0 Å². The minimum atomic E-state index is -0.00477. The van der Waals surface area contributed by atoms with Gasteiger partial charge in [-0.15, -0.1) is 0 Å². The highest BCUT2D eigenvalue weighted by atomic mass is 79.9. The number of ether oxygens (including phenoxy) is 4. The standard InChI is InChI=1S/C62H122N2O5.C58H112BrNO5.C4H11N/c1-8-15-20-23-24-29-34-42-54-64(60(65)50-41-43-53-63(13-6)14-7)59(48-37-30-25-27-32-39-51-61(66)68-55-57(44-18-11-4)46-35-21-16-9-2)49-38-31-26-28-33-40-52-62(67)69-56-58(45-19-12-5)47-36-22-17-10-3;1-6-11-16-19-20-25-30-39-50-60(56(61)46-37-38-49-59)55(44-33-26-21-23-28-35-47-57(62)64-51-53(40-14-9-4)42-31-17-12-7-2)45-34-27-22-24-29-36-48-58(63)65-52-54(41-15-10-5)43-32-18-13-8-3;1-3-5-4-2/h57-59H,8-56H2,1-7H3;53-55H,6-52H2,1-5H3;5H,3-4H2,1-2H3. The van der Waals surface area contributed by atoms with Crippen molar-refractivity contribution >= 4 is 51.6 Å². The van der Waals surface area contributed by atoms with E-state index in [2.05, 4.69) is 133 Å². The van der Waals surface area contributed by atoms with Gasteiger partial charge in [0.15, 0.2) is 0 Å². The van der Waals surface area contributed by atoms with Gasteiger partial charge in [0.25, 0.3) is 0 Å². The summed E-state index contributed by atoms with van der Waals surface area (Å²) < 4.78 is 23.2. The Bertz CT molecular complexity index is 2390. The van der Waals surface area contributed by atoms with Gasteiger partial charge in [-0.3, -0.25) is 28.8 Å². The Kier molecular flexibility index (Phi) is 117. The van der Waals surface area contributed by atoms with Gasteiger partial charge < -0.3 is 39.0 Å². The summed E-state index contributed by atoms with van der Waals surface area (Å²) in [6.07, 6.45) is 99.2. The molecule has 0 heterocycles. The molecule has 0 saturated heterocycles. The van der Waals surface area contributed by atoms with Crippen LogP contribution in [0.4, 0.5) is 0 Å². The highest BCUT2D eigenvalue weighted by molar-refractivity contribution is 9.09. The monoisotopic (exact) mass is 2030 g/mol. The average Bonchev–Trinajstić information content (AvgIpc) is 0.888. The van der Waals surface area contributed by atoms with Crippen LogP contribution in [0.1, 0.15) is 649 Å². The molecular weight excluding hydrogens is 1790 g/mol. The van der Waals surface area contributed by atoms with Gasteiger partial charge in [-0.2, -0.15) is 0 Å². The molecule has 0 bridgehead atoms. The molecule has 0 spiro atoms. The van der Waals surface area contributed by atoms with E-state index in [0.29, 0.717) is 113 Å². The molecule has 0 aliphatic carbocycles. The average molecular weight is 2030 g/mol. The molecule has 4 atom stereocenters. The van der Waals surface area contributed by atoms with Gasteiger partial charge in [0.05, 0.1) is 26.4 Å². The fourth-order valence-corrected chi connectivity index (χ4v) is 20.4. The van der Waals surface area contributed by atoms with Crippen molar-refractivity contribution in [3.05, 3.63) is 0 Å². The Labute approximate surface area is 876 Å². The van der Waals surface area contributed by atoms with Crippen LogP contribution in [0.25, 0.3) is 0 Å². The zero-order chi connectivity index (χ0) is 102. The number of nitrogens with one attached hydrogen (secondary N) is 1. The minimum Gasteiger partial charge on any atom is -0.465 e. The van der Waals surface area contributed by atoms with Crippen LogP contribution in [-0.2, 0) is 47.7 Å². The highest BCUT2D eigenvalue weighted by Gasteiger charge is 2.26. The first-order valence-corrected chi connectivity index (χ1v) is 63.4. The van der Waals surface area contributed by atoms with Gasteiger partial charge in [-0.05, 0) is 198 Å². The number of carbonyl (C=O) groups is 6. The third-order valence-corrected chi connectivity index (χ3v) is 30.2. The van der Waals surface area contributed by atoms with Gasteiger partial charge >= 0.3 is 23.9 Å². The molecule has 0 aromatic carbocycles. The van der Waals surface area contributed by atoms with Crippen molar-refractivity contribution in [1.29, 1.82) is 0 Å². The number of alkyl halides is 1. The van der Waals surface area contributed by atoms with E-state index in [1.54, 1.807) is 0 Å². The van der Waals surface area contributed by atoms with Crippen molar-refractivity contribution in [3.63, 3.8) is 0 Å². The molecule has 1 N–H and O–H groups in total. The van der Waals surface area contributed by atoms with Crippen molar-refractivity contribution in [2.24, 2.45) is 23.7 Å². The lowest BCUT2D eigenvalue weighted by molar-refractivity contribution is -0.146. The lowest BCUT2D eigenvalue weighted by Crippen LogP contribution is -2.41. The second kappa shape index (κ2) is 116. The topological polar surface area (TPSA) is 161 Å². The molecule has 0 fully saturated rings. The highest BCUT2D eigenvalue weighted by Crippen LogP contribution is 2.29. The van der Waals surface area contributed by atoms with Crippen LogP contribution in [0.2, 0.25) is 0 Å². The molecule has 0 aliphatic rings. The number of carbonyl (C=O) groups excluding carboxylic acids is 6. The third kappa shape index (κ3) is 99.6. The molecule has 15 heteroatoms. The van der Waals surface area contributed by atoms with E-state index in [9.17, 15) is 28.8 Å². The summed E-state index contributed by atoms with van der Waals surface area (Å²) in [6, 6.07) is 0.663. The zero-order valence-corrected chi connectivity index (χ0v) is 97.6. The summed E-state index contributed by atoms with van der Waals surface area (Å²) in [4.78, 5) is 85.7. The minimum absolute atomic E-state index is 0.00299. The zero-order valence-electron chi connectivity index (χ0n) is 96.1. The molecule has 828 valence electrons. The summed E-state index contributed by atoms with van der Waals surface area (Å²) in [5.74, 6) is 2.85. The van der Waals surface area contributed by atoms with Crippen molar-refractivity contribution in [2.75, 3.05) is 77.6 Å². The smallest absolute Gasteiger partial charge is 0.305 e. The summed E-state index contributed by atoms with van der Waals surface area (Å²) >= 11 is 3.58.